The Morgan fingerprint density at radius 3 is 2.48 bits per heavy atom. The first-order valence-electron chi connectivity index (χ1n) is 9.22. The summed E-state index contributed by atoms with van der Waals surface area (Å²) in [5, 5.41) is 12.2. The van der Waals surface area contributed by atoms with Gasteiger partial charge in [0.05, 0.1) is 7.11 Å². The van der Waals surface area contributed by atoms with Gasteiger partial charge in [-0.3, -0.25) is 4.79 Å². The van der Waals surface area contributed by atoms with Crippen LogP contribution in [0.1, 0.15) is 11.1 Å². The van der Waals surface area contributed by atoms with E-state index in [1.807, 2.05) is 6.07 Å². The topological polar surface area (TPSA) is 71.3 Å². The average Bonchev–Trinajstić information content (AvgIpc) is 2.79. The zero-order chi connectivity index (χ0) is 22.2. The number of carbonyl (C=O) groups excluding carboxylic acids is 1. The molecule has 0 heterocycles. The molecule has 0 aliphatic rings. The Morgan fingerprint density at radius 2 is 1.84 bits per heavy atom. The van der Waals surface area contributed by atoms with E-state index in [4.69, 9.17) is 9.47 Å². The minimum Gasteiger partial charge on any atom is -0.497 e. The Morgan fingerprint density at radius 1 is 1.13 bits per heavy atom. The van der Waals surface area contributed by atoms with Crippen LogP contribution in [0.3, 0.4) is 0 Å². The molecule has 0 fully saturated rings. The largest absolute Gasteiger partial charge is 0.497 e. The number of nitriles is 1. The predicted molar refractivity (Wildman–Crippen MR) is 120 cm³/mol. The average molecular weight is 481 g/mol. The van der Waals surface area contributed by atoms with Crippen molar-refractivity contribution in [2.75, 3.05) is 12.4 Å². The van der Waals surface area contributed by atoms with Crippen LogP contribution in [0.2, 0.25) is 0 Å². The number of hydrogen-bond donors (Lipinski definition) is 1. The number of anilines is 1. The fourth-order valence-corrected chi connectivity index (χ4v) is 2.93. The van der Waals surface area contributed by atoms with E-state index in [9.17, 15) is 14.4 Å². The third kappa shape index (κ3) is 6.17. The molecule has 0 spiro atoms. The molecule has 1 N–H and O–H groups in total. The van der Waals surface area contributed by atoms with Crippen molar-refractivity contribution < 1.29 is 18.7 Å². The van der Waals surface area contributed by atoms with Crippen molar-refractivity contribution in [3.05, 3.63) is 93.7 Å². The minimum absolute atomic E-state index is 0.0836. The maximum Gasteiger partial charge on any atom is 0.266 e. The molecule has 3 aromatic carbocycles. The van der Waals surface area contributed by atoms with Crippen LogP contribution in [-0.2, 0) is 11.4 Å². The zero-order valence-electron chi connectivity index (χ0n) is 16.6. The highest BCUT2D eigenvalue weighted by molar-refractivity contribution is 9.10. The molecule has 3 rings (SSSR count). The fourth-order valence-electron chi connectivity index (χ4n) is 2.66. The first kappa shape index (κ1) is 22.1. The smallest absolute Gasteiger partial charge is 0.266 e. The van der Waals surface area contributed by atoms with Crippen molar-refractivity contribution >= 4 is 33.6 Å². The molecule has 0 atom stereocenters. The maximum atomic E-state index is 13.1. The van der Waals surface area contributed by atoms with Crippen LogP contribution in [0.25, 0.3) is 6.08 Å². The summed E-state index contributed by atoms with van der Waals surface area (Å²) in [5.74, 6) is 0.117. The number of nitrogens with zero attached hydrogens (tertiary/aromatic N) is 1. The fraction of sp³-hybridized carbons (Fsp3) is 0.0833. The van der Waals surface area contributed by atoms with Gasteiger partial charge < -0.3 is 14.8 Å². The molecule has 0 aliphatic heterocycles. The molecule has 7 heteroatoms. The lowest BCUT2D eigenvalue weighted by Gasteiger charge is -2.12. The molecule has 0 bridgehead atoms. The van der Waals surface area contributed by atoms with Gasteiger partial charge in [-0.05, 0) is 60.2 Å². The van der Waals surface area contributed by atoms with Gasteiger partial charge in [0.2, 0.25) is 0 Å². The Labute approximate surface area is 187 Å². The highest BCUT2D eigenvalue weighted by Gasteiger charge is 2.12. The van der Waals surface area contributed by atoms with Gasteiger partial charge in [-0.2, -0.15) is 5.26 Å². The van der Waals surface area contributed by atoms with Gasteiger partial charge >= 0.3 is 0 Å². The van der Waals surface area contributed by atoms with Crippen LogP contribution >= 0.6 is 15.9 Å². The van der Waals surface area contributed by atoms with Gasteiger partial charge in [0.1, 0.15) is 35.6 Å². The second-order valence-corrected chi connectivity index (χ2v) is 7.37. The molecular formula is C24H18BrFN2O3. The second-order valence-electron chi connectivity index (χ2n) is 6.45. The van der Waals surface area contributed by atoms with Gasteiger partial charge in [-0.1, -0.05) is 28.1 Å². The molecule has 0 unspecified atom stereocenters. The highest BCUT2D eigenvalue weighted by Crippen LogP contribution is 2.28. The number of ether oxygens (including phenoxy) is 2. The van der Waals surface area contributed by atoms with Crippen molar-refractivity contribution in [1.29, 1.82) is 5.26 Å². The van der Waals surface area contributed by atoms with E-state index < -0.39 is 5.91 Å². The number of benzene rings is 3. The molecule has 156 valence electrons. The summed E-state index contributed by atoms with van der Waals surface area (Å²) in [4.78, 5) is 12.6. The first-order valence-corrected chi connectivity index (χ1v) is 10.0. The van der Waals surface area contributed by atoms with Gasteiger partial charge in [0, 0.05) is 21.8 Å². The highest BCUT2D eigenvalue weighted by atomic mass is 79.9. The van der Waals surface area contributed by atoms with E-state index >= 15 is 0 Å². The number of methoxy groups -OCH3 is 1. The Kier molecular flexibility index (Phi) is 7.41. The Hall–Kier alpha value is -3.63. The van der Waals surface area contributed by atoms with Crippen molar-refractivity contribution in [2.24, 2.45) is 0 Å². The third-order valence-corrected chi connectivity index (χ3v) is 4.82. The Bertz CT molecular complexity index is 1140. The lowest BCUT2D eigenvalue weighted by molar-refractivity contribution is -0.112. The number of halogens is 2. The van der Waals surface area contributed by atoms with Crippen LogP contribution in [0.4, 0.5) is 10.1 Å². The van der Waals surface area contributed by atoms with Gasteiger partial charge in [0.25, 0.3) is 5.91 Å². The lowest BCUT2D eigenvalue weighted by atomic mass is 10.1. The second kappa shape index (κ2) is 10.4. The Balaban J connectivity index is 1.83. The number of hydrogen-bond acceptors (Lipinski definition) is 4. The standard InChI is InChI=1S/C24H18BrFN2O3/c1-30-22-11-4-17(23(13-22)31-15-16-2-7-20(26)8-3-16)12-18(14-27)24(29)28-21-9-5-19(25)6-10-21/h2-13H,15H2,1H3,(H,28,29)/b18-12+. The van der Waals surface area contributed by atoms with Crippen LogP contribution in [0.5, 0.6) is 11.5 Å². The number of amides is 1. The van der Waals surface area contributed by atoms with Gasteiger partial charge in [0.15, 0.2) is 0 Å². The van der Waals surface area contributed by atoms with E-state index in [-0.39, 0.29) is 18.0 Å². The molecule has 0 aromatic heterocycles. The minimum atomic E-state index is -0.537. The molecule has 31 heavy (non-hydrogen) atoms. The van der Waals surface area contributed by atoms with Crippen molar-refractivity contribution in [2.45, 2.75) is 6.61 Å². The molecular weight excluding hydrogens is 463 g/mol. The van der Waals surface area contributed by atoms with Gasteiger partial charge in [-0.25, -0.2) is 4.39 Å². The molecule has 5 nitrogen and oxygen atoms in total. The quantitative estimate of drug-likeness (QED) is 0.346. The molecule has 0 aliphatic carbocycles. The summed E-state index contributed by atoms with van der Waals surface area (Å²) in [6.45, 7) is 0.182. The van der Waals surface area contributed by atoms with Crippen molar-refractivity contribution in [1.82, 2.24) is 0 Å². The van der Waals surface area contributed by atoms with Gasteiger partial charge in [-0.15, -0.1) is 0 Å². The summed E-state index contributed by atoms with van der Waals surface area (Å²) >= 11 is 3.33. The summed E-state index contributed by atoms with van der Waals surface area (Å²) in [6, 6.07) is 20.0. The number of nitrogens with one attached hydrogen (secondary N) is 1. The van der Waals surface area contributed by atoms with Crippen LogP contribution < -0.4 is 14.8 Å². The summed E-state index contributed by atoms with van der Waals surface area (Å²) in [5.41, 5.74) is 1.79. The number of rotatable bonds is 7. The summed E-state index contributed by atoms with van der Waals surface area (Å²) < 4.78 is 25.1. The first-order chi connectivity index (χ1) is 15.0. The van der Waals surface area contributed by atoms with Crippen molar-refractivity contribution in [3.8, 4) is 17.6 Å². The zero-order valence-corrected chi connectivity index (χ0v) is 18.1. The molecule has 0 radical (unpaired) electrons. The third-order valence-electron chi connectivity index (χ3n) is 4.30. The molecule has 0 saturated heterocycles. The van der Waals surface area contributed by atoms with Crippen molar-refractivity contribution in [3.63, 3.8) is 0 Å². The van der Waals surface area contributed by atoms with Crippen LogP contribution in [-0.4, -0.2) is 13.0 Å². The summed E-state index contributed by atoms with van der Waals surface area (Å²) in [6.07, 6.45) is 1.45. The van der Waals surface area contributed by atoms with E-state index in [2.05, 4.69) is 21.2 Å². The predicted octanol–water partition coefficient (Wildman–Crippen LogP) is 5.72. The van der Waals surface area contributed by atoms with Crippen LogP contribution in [0, 0.1) is 17.1 Å². The monoisotopic (exact) mass is 480 g/mol. The maximum absolute atomic E-state index is 13.1. The van der Waals surface area contributed by atoms with Crippen LogP contribution in [0.15, 0.2) is 76.8 Å². The SMILES string of the molecule is COc1ccc(/C=C(\C#N)C(=O)Nc2ccc(Br)cc2)c(OCc2ccc(F)cc2)c1. The molecule has 1 amide bonds. The normalized spacial score (nSPS) is 10.8. The number of carbonyl (C=O) groups is 1. The lowest BCUT2D eigenvalue weighted by Crippen LogP contribution is -2.13. The molecule has 0 saturated carbocycles. The molecule has 3 aromatic rings. The van der Waals surface area contributed by atoms with E-state index in [1.165, 1.54) is 25.3 Å². The van der Waals surface area contributed by atoms with E-state index in [0.717, 1.165) is 10.0 Å². The summed E-state index contributed by atoms with van der Waals surface area (Å²) in [7, 11) is 1.53. The van der Waals surface area contributed by atoms with E-state index in [1.54, 1.807) is 54.6 Å². The van der Waals surface area contributed by atoms with E-state index in [0.29, 0.717) is 22.7 Å².